The van der Waals surface area contributed by atoms with Gasteiger partial charge < -0.3 is 0 Å². The molecule has 144 valence electrons. The molecular weight excluding hydrogens is 354 g/mol. The third-order valence-corrected chi connectivity index (χ3v) is 9.75. The third kappa shape index (κ3) is 1.41. The van der Waals surface area contributed by atoms with Crippen LogP contribution in [0.5, 0.6) is 0 Å². The van der Waals surface area contributed by atoms with E-state index in [1.807, 2.05) is 0 Å². The average molecular weight is 380 g/mol. The van der Waals surface area contributed by atoms with Gasteiger partial charge in [-0.15, -0.1) is 0 Å². The van der Waals surface area contributed by atoms with Gasteiger partial charge in [-0.2, -0.15) is 0 Å². The van der Waals surface area contributed by atoms with Crippen molar-refractivity contribution in [2.75, 3.05) is 0 Å². The maximum Gasteiger partial charge on any atom is 0.148 e. The van der Waals surface area contributed by atoms with Gasteiger partial charge in [-0.3, -0.25) is 4.40 Å². The van der Waals surface area contributed by atoms with Crippen LogP contribution in [0.2, 0.25) is 0 Å². The normalized spacial score (nSPS) is 32.9. The molecule has 2 aromatic heterocycles. The van der Waals surface area contributed by atoms with E-state index in [4.69, 9.17) is 9.97 Å². The lowest BCUT2D eigenvalue weighted by Gasteiger charge is -2.51. The van der Waals surface area contributed by atoms with Crippen molar-refractivity contribution in [2.24, 2.45) is 5.41 Å². The van der Waals surface area contributed by atoms with E-state index in [-0.39, 0.29) is 10.8 Å². The van der Waals surface area contributed by atoms with E-state index >= 15 is 0 Å². The molecule has 29 heavy (non-hydrogen) atoms. The van der Waals surface area contributed by atoms with Gasteiger partial charge in [0.1, 0.15) is 11.5 Å². The number of fused-ring (bicyclic) bond motifs is 11. The highest BCUT2D eigenvalue weighted by molar-refractivity contribution is 5.99. The molecule has 0 saturated heterocycles. The second-order valence-corrected chi connectivity index (χ2v) is 10.8. The molecule has 0 N–H and O–H groups in total. The summed E-state index contributed by atoms with van der Waals surface area (Å²) in [7, 11) is 0. The van der Waals surface area contributed by atoms with E-state index in [9.17, 15) is 0 Å². The quantitative estimate of drug-likeness (QED) is 0.365. The lowest BCUT2D eigenvalue weighted by Crippen LogP contribution is -2.39. The number of hydrogen-bond acceptors (Lipinski definition) is 2. The molecule has 2 aromatic carbocycles. The first-order valence-corrected chi connectivity index (χ1v) is 11.3. The molecule has 3 nitrogen and oxygen atoms in total. The summed E-state index contributed by atoms with van der Waals surface area (Å²) >= 11 is 0. The zero-order chi connectivity index (χ0) is 19.3. The van der Waals surface area contributed by atoms with E-state index < -0.39 is 0 Å². The fourth-order valence-corrected chi connectivity index (χ4v) is 7.59. The lowest BCUT2D eigenvalue weighted by atomic mass is 9.53. The molecule has 1 aliphatic heterocycles. The van der Waals surface area contributed by atoms with Gasteiger partial charge in [0, 0.05) is 10.8 Å². The van der Waals surface area contributed by atoms with Gasteiger partial charge in [-0.25, -0.2) is 9.97 Å². The minimum absolute atomic E-state index is 0.0578. The van der Waals surface area contributed by atoms with Crippen LogP contribution in [0.4, 0.5) is 0 Å². The largest absolute Gasteiger partial charge is 0.279 e. The van der Waals surface area contributed by atoms with Crippen LogP contribution in [0, 0.1) is 5.41 Å². The van der Waals surface area contributed by atoms with Crippen molar-refractivity contribution in [3.8, 4) is 0 Å². The van der Waals surface area contributed by atoms with Crippen molar-refractivity contribution < 1.29 is 0 Å². The second-order valence-electron chi connectivity index (χ2n) is 10.8. The number of rotatable bonds is 0. The molecular formula is C26H25N3. The molecule has 2 saturated carbocycles. The van der Waals surface area contributed by atoms with Crippen molar-refractivity contribution >= 4 is 27.6 Å². The van der Waals surface area contributed by atoms with Crippen molar-refractivity contribution in [3.05, 3.63) is 52.8 Å². The Morgan fingerprint density at radius 1 is 0.931 bits per heavy atom. The van der Waals surface area contributed by atoms with Gasteiger partial charge in [0.15, 0.2) is 0 Å². The molecule has 0 amide bonds. The van der Waals surface area contributed by atoms with Crippen molar-refractivity contribution in [1.82, 2.24) is 14.4 Å². The van der Waals surface area contributed by atoms with Gasteiger partial charge in [0.05, 0.1) is 16.6 Å². The molecule has 4 atom stereocenters. The van der Waals surface area contributed by atoms with Crippen LogP contribution >= 0.6 is 0 Å². The number of benzene rings is 2. The van der Waals surface area contributed by atoms with Crippen LogP contribution in [0.3, 0.4) is 0 Å². The summed E-state index contributed by atoms with van der Waals surface area (Å²) in [6, 6.07) is 11.0. The van der Waals surface area contributed by atoms with Crippen LogP contribution in [-0.2, 0) is 5.41 Å². The van der Waals surface area contributed by atoms with Gasteiger partial charge in [-0.1, -0.05) is 32.9 Å². The molecule has 3 unspecified atom stereocenters. The molecule has 3 heterocycles. The predicted molar refractivity (Wildman–Crippen MR) is 116 cm³/mol. The fourth-order valence-electron chi connectivity index (χ4n) is 7.59. The molecule has 8 rings (SSSR count). The summed E-state index contributed by atoms with van der Waals surface area (Å²) in [6.07, 6.45) is 5.23. The van der Waals surface area contributed by atoms with Gasteiger partial charge >= 0.3 is 0 Å². The highest BCUT2D eigenvalue weighted by Crippen LogP contribution is 2.68. The van der Waals surface area contributed by atoms with Crippen molar-refractivity contribution in [1.29, 1.82) is 0 Å². The van der Waals surface area contributed by atoms with E-state index in [0.717, 1.165) is 23.0 Å². The standard InChI is InChI=1S/C26H25N3/c1-25(2)17-10-11-26(25,3)24-28-18-7-5-4-6-15(18)23-27-19-12-16-13-8-9-14(13)20(16)21(17)22(19)29(23)24/h4-7,12-14,17H,8-11H2,1-3H3/t13-,14?,17?,26?/m1/s1. The minimum atomic E-state index is 0.0578. The fraction of sp³-hybridized carbons (Fsp3) is 0.462. The number of aromatic nitrogens is 3. The Labute approximate surface area is 170 Å². The number of imidazole rings is 1. The average Bonchev–Trinajstić information content (AvgIpc) is 3.15. The van der Waals surface area contributed by atoms with E-state index in [1.165, 1.54) is 47.9 Å². The topological polar surface area (TPSA) is 30.2 Å². The Morgan fingerprint density at radius 3 is 2.59 bits per heavy atom. The number of hydrogen-bond donors (Lipinski definition) is 0. The van der Waals surface area contributed by atoms with E-state index in [0.29, 0.717) is 5.92 Å². The van der Waals surface area contributed by atoms with Crippen LogP contribution in [-0.4, -0.2) is 14.4 Å². The summed E-state index contributed by atoms with van der Waals surface area (Å²) in [5.74, 6) is 3.46. The zero-order valence-corrected chi connectivity index (χ0v) is 17.3. The summed E-state index contributed by atoms with van der Waals surface area (Å²) in [5.41, 5.74) is 10.0. The summed E-state index contributed by atoms with van der Waals surface area (Å²) in [4.78, 5) is 10.6. The SMILES string of the molecule is CC12CCC(c3c4c(cc5nc6c7ccccc7nc1n6c35)[C@@H]1CCC41)C2(C)C. The number of nitrogens with zero attached hydrogens (tertiary/aromatic N) is 3. The zero-order valence-electron chi connectivity index (χ0n) is 17.3. The second kappa shape index (κ2) is 4.35. The number of para-hydroxylation sites is 1. The third-order valence-electron chi connectivity index (χ3n) is 9.75. The molecule has 2 fully saturated rings. The smallest absolute Gasteiger partial charge is 0.148 e. The van der Waals surface area contributed by atoms with Crippen LogP contribution in [0.15, 0.2) is 30.3 Å². The van der Waals surface area contributed by atoms with Crippen LogP contribution in [0.25, 0.3) is 27.6 Å². The molecule has 4 aromatic rings. The first-order valence-electron chi connectivity index (χ1n) is 11.3. The lowest BCUT2D eigenvalue weighted by molar-refractivity contribution is 0.190. The van der Waals surface area contributed by atoms with Crippen molar-refractivity contribution in [2.45, 2.75) is 69.6 Å². The van der Waals surface area contributed by atoms with Gasteiger partial charge in [0.2, 0.25) is 0 Å². The van der Waals surface area contributed by atoms with Gasteiger partial charge in [0.25, 0.3) is 0 Å². The monoisotopic (exact) mass is 379 g/mol. The Kier molecular flexibility index (Phi) is 2.32. The molecule has 3 heteroatoms. The summed E-state index contributed by atoms with van der Waals surface area (Å²) < 4.78 is 2.49. The Hall–Kier alpha value is -2.42. The van der Waals surface area contributed by atoms with Crippen LogP contribution in [0.1, 0.15) is 86.7 Å². The Bertz CT molecular complexity index is 1420. The van der Waals surface area contributed by atoms with Crippen LogP contribution < -0.4 is 0 Å². The first-order chi connectivity index (χ1) is 14.0. The highest BCUT2D eigenvalue weighted by Gasteiger charge is 2.59. The van der Waals surface area contributed by atoms with Crippen molar-refractivity contribution in [3.63, 3.8) is 0 Å². The molecule has 0 spiro atoms. The minimum Gasteiger partial charge on any atom is -0.279 e. The molecule has 3 aliphatic carbocycles. The Balaban J connectivity index is 1.68. The van der Waals surface area contributed by atoms with E-state index in [1.54, 1.807) is 16.7 Å². The maximum atomic E-state index is 5.34. The molecule has 0 radical (unpaired) electrons. The molecule has 4 aliphatic rings. The van der Waals surface area contributed by atoms with Gasteiger partial charge in [-0.05, 0) is 83.7 Å². The summed E-state index contributed by atoms with van der Waals surface area (Å²) in [6.45, 7) is 7.49. The maximum absolute atomic E-state index is 5.34. The first kappa shape index (κ1) is 15.4. The highest BCUT2D eigenvalue weighted by atomic mass is 15.1. The summed E-state index contributed by atoms with van der Waals surface area (Å²) in [5, 5.41) is 1.18. The predicted octanol–water partition coefficient (Wildman–Crippen LogP) is 6.19. The Morgan fingerprint density at radius 2 is 1.76 bits per heavy atom. The van der Waals surface area contributed by atoms with E-state index in [2.05, 4.69) is 55.5 Å². The molecule has 2 bridgehead atoms.